The van der Waals surface area contributed by atoms with Crippen LogP contribution in [0.5, 0.6) is 0 Å². The van der Waals surface area contributed by atoms with Crippen LogP contribution in [0.4, 0.5) is 13.6 Å². The molecule has 2 atom stereocenters. The summed E-state index contributed by atoms with van der Waals surface area (Å²) in [7, 11) is 1.36. The van der Waals surface area contributed by atoms with Crippen LogP contribution in [0.25, 0.3) is 22.4 Å². The number of carbonyl (C=O) groups excluding carboxylic acids is 2. The third-order valence-electron chi connectivity index (χ3n) is 6.81. The van der Waals surface area contributed by atoms with Crippen LogP contribution in [0.1, 0.15) is 43.8 Å². The number of H-pyrrole nitrogens is 1. The van der Waals surface area contributed by atoms with Crippen molar-refractivity contribution in [2.24, 2.45) is 5.92 Å². The molecule has 2 unspecified atom stereocenters. The summed E-state index contributed by atoms with van der Waals surface area (Å²) in [6.07, 6.45) is 5.82. The van der Waals surface area contributed by atoms with Crippen LogP contribution in [-0.4, -0.2) is 47.1 Å². The van der Waals surface area contributed by atoms with Gasteiger partial charge in [-0.15, -0.1) is 0 Å². The molecule has 200 valence electrons. The Morgan fingerprint density at radius 2 is 1.89 bits per heavy atom. The number of amides is 2. The molecular weight excluding hydrogens is 558 g/mol. The second-order valence-corrected chi connectivity index (χ2v) is 10.5. The number of alkyl carbamates (subject to hydrolysis) is 1. The molecular formula is C28H29BrF2N4O3. The fourth-order valence-electron chi connectivity index (χ4n) is 4.30. The number of rotatable bonds is 5. The molecule has 1 aliphatic heterocycles. The van der Waals surface area contributed by atoms with Crippen molar-refractivity contribution in [1.82, 2.24) is 20.2 Å². The maximum Gasteiger partial charge on any atom is 0.407 e. The van der Waals surface area contributed by atoms with Gasteiger partial charge in [-0.25, -0.2) is 9.78 Å². The highest BCUT2D eigenvalue weighted by Crippen LogP contribution is 2.52. The summed E-state index contributed by atoms with van der Waals surface area (Å²) in [6, 6.07) is 9.93. The lowest BCUT2D eigenvalue weighted by molar-refractivity contribution is -0.118. The van der Waals surface area contributed by atoms with Crippen molar-refractivity contribution in [2.45, 2.75) is 38.8 Å². The average Bonchev–Trinajstić information content (AvgIpc) is 3.62. The van der Waals surface area contributed by atoms with Gasteiger partial charge in [0.25, 0.3) is 5.92 Å². The molecule has 0 fully saturated rings. The first-order chi connectivity index (χ1) is 18.1. The Morgan fingerprint density at radius 3 is 2.55 bits per heavy atom. The molecule has 2 aromatic carbocycles. The summed E-state index contributed by atoms with van der Waals surface area (Å²) < 4.78 is 35.2. The van der Waals surface area contributed by atoms with E-state index in [0.717, 1.165) is 6.41 Å². The topological polar surface area (TPSA) is 87.3 Å². The zero-order valence-corrected chi connectivity index (χ0v) is 23.1. The Morgan fingerprint density at radius 1 is 1.21 bits per heavy atom. The molecule has 1 aromatic heterocycles. The molecule has 5 rings (SSSR count). The minimum atomic E-state index is -3.06. The quantitative estimate of drug-likeness (QED) is 0.267. The van der Waals surface area contributed by atoms with E-state index in [-0.39, 0.29) is 29.3 Å². The van der Waals surface area contributed by atoms with E-state index in [1.165, 1.54) is 19.2 Å². The number of hydrogen-bond acceptors (Lipinski definition) is 4. The standard InChI is InChI=1S/C21H14BrF2N3O.C7H15NO2/c22-13-4-6-15-14-5-3-12(8-16(14)21(23,24)17(15)9-13)18-10-25-20(26-18)19-2-1-7-27(19)11-28;1-5(2)6(3)8-7(9)10-4/h1-6,8-11,19H,7H2,(H,25,26);5-6H,1-4H3,(H,8,9). The number of methoxy groups -OCH3 is 1. The fraction of sp³-hybridized carbons (Fsp3) is 0.321. The van der Waals surface area contributed by atoms with Gasteiger partial charge < -0.3 is 19.9 Å². The van der Waals surface area contributed by atoms with Crippen LogP contribution in [-0.2, 0) is 15.5 Å². The van der Waals surface area contributed by atoms with Gasteiger partial charge in [0.15, 0.2) is 0 Å². The van der Waals surface area contributed by atoms with Crippen molar-refractivity contribution >= 4 is 28.4 Å². The molecule has 3 aromatic rings. The van der Waals surface area contributed by atoms with E-state index in [4.69, 9.17) is 0 Å². The average molecular weight is 587 g/mol. The maximum atomic E-state index is 15.1. The third-order valence-corrected chi connectivity index (χ3v) is 7.31. The molecule has 0 spiro atoms. The van der Waals surface area contributed by atoms with Crippen LogP contribution < -0.4 is 5.32 Å². The molecule has 0 radical (unpaired) electrons. The van der Waals surface area contributed by atoms with Gasteiger partial charge in [-0.3, -0.25) is 4.79 Å². The smallest absolute Gasteiger partial charge is 0.407 e. The third kappa shape index (κ3) is 5.36. The van der Waals surface area contributed by atoms with Crippen molar-refractivity contribution < 1.29 is 23.1 Å². The summed E-state index contributed by atoms with van der Waals surface area (Å²) in [5, 5.41) is 2.67. The Balaban J connectivity index is 0.000000289. The molecule has 10 heteroatoms. The first-order valence-corrected chi connectivity index (χ1v) is 13.0. The van der Waals surface area contributed by atoms with Crippen LogP contribution in [0.2, 0.25) is 0 Å². The van der Waals surface area contributed by atoms with Gasteiger partial charge in [-0.2, -0.15) is 8.78 Å². The minimum Gasteiger partial charge on any atom is -0.453 e. The number of halogens is 3. The van der Waals surface area contributed by atoms with Gasteiger partial charge in [0, 0.05) is 33.7 Å². The summed E-state index contributed by atoms with van der Waals surface area (Å²) in [6.45, 7) is 6.56. The number of imidazole rings is 1. The van der Waals surface area contributed by atoms with Crippen molar-refractivity contribution in [3.63, 3.8) is 0 Å². The highest BCUT2D eigenvalue weighted by Gasteiger charge is 2.44. The number of nitrogens with zero attached hydrogens (tertiary/aromatic N) is 2. The normalized spacial score (nSPS) is 17.4. The Bertz CT molecular complexity index is 1370. The van der Waals surface area contributed by atoms with Crippen molar-refractivity contribution in [3.8, 4) is 22.4 Å². The van der Waals surface area contributed by atoms with Gasteiger partial charge in [0.05, 0.1) is 19.0 Å². The van der Waals surface area contributed by atoms with E-state index >= 15 is 8.78 Å². The van der Waals surface area contributed by atoms with Crippen molar-refractivity contribution in [2.75, 3.05) is 13.7 Å². The molecule has 2 aliphatic rings. The number of fused-ring (bicyclic) bond motifs is 3. The molecule has 1 aliphatic carbocycles. The Labute approximate surface area is 228 Å². The first-order valence-electron chi connectivity index (χ1n) is 12.2. The van der Waals surface area contributed by atoms with Crippen LogP contribution in [0.3, 0.4) is 0 Å². The van der Waals surface area contributed by atoms with Gasteiger partial charge in [0.1, 0.15) is 11.9 Å². The Kier molecular flexibility index (Phi) is 8.01. The highest BCUT2D eigenvalue weighted by molar-refractivity contribution is 9.10. The van der Waals surface area contributed by atoms with Gasteiger partial charge in [0.2, 0.25) is 6.41 Å². The zero-order valence-electron chi connectivity index (χ0n) is 21.5. The molecule has 0 bridgehead atoms. The summed E-state index contributed by atoms with van der Waals surface area (Å²) in [5.41, 5.74) is 2.36. The largest absolute Gasteiger partial charge is 0.453 e. The van der Waals surface area contributed by atoms with Crippen LogP contribution in [0, 0.1) is 5.92 Å². The van der Waals surface area contributed by atoms with Gasteiger partial charge >= 0.3 is 6.09 Å². The first kappa shape index (κ1) is 27.5. The van der Waals surface area contributed by atoms with Gasteiger partial charge in [-0.1, -0.05) is 60.1 Å². The Hall–Kier alpha value is -3.53. The summed E-state index contributed by atoms with van der Waals surface area (Å²) in [5.74, 6) is -2.01. The number of hydrogen-bond donors (Lipinski definition) is 2. The van der Waals surface area contributed by atoms with E-state index in [0.29, 0.717) is 45.1 Å². The number of aromatic amines is 1. The predicted octanol–water partition coefficient (Wildman–Crippen LogP) is 6.42. The fourth-order valence-corrected chi connectivity index (χ4v) is 4.66. The zero-order chi connectivity index (χ0) is 27.6. The number of ether oxygens (including phenoxy) is 1. The van der Waals surface area contributed by atoms with Crippen molar-refractivity contribution in [3.05, 3.63) is 76.2 Å². The van der Waals surface area contributed by atoms with Gasteiger partial charge in [-0.05, 0) is 42.2 Å². The second kappa shape index (κ2) is 11.1. The summed E-state index contributed by atoms with van der Waals surface area (Å²) in [4.78, 5) is 30.9. The summed E-state index contributed by atoms with van der Waals surface area (Å²) >= 11 is 3.28. The van der Waals surface area contributed by atoms with E-state index in [9.17, 15) is 9.59 Å². The lowest BCUT2D eigenvalue weighted by atomic mass is 10.0. The second-order valence-electron chi connectivity index (χ2n) is 9.55. The van der Waals surface area contributed by atoms with Crippen LogP contribution >= 0.6 is 15.9 Å². The van der Waals surface area contributed by atoms with Crippen molar-refractivity contribution in [1.29, 1.82) is 0 Å². The van der Waals surface area contributed by atoms with E-state index in [1.54, 1.807) is 29.3 Å². The van der Waals surface area contributed by atoms with E-state index in [2.05, 4.69) is 36.0 Å². The number of aromatic nitrogens is 2. The molecule has 0 saturated carbocycles. The van der Waals surface area contributed by atoms with E-state index in [1.807, 2.05) is 39.0 Å². The monoisotopic (exact) mass is 586 g/mol. The number of nitrogens with one attached hydrogen (secondary N) is 2. The number of alkyl halides is 2. The lowest BCUT2D eigenvalue weighted by Crippen LogP contribution is -2.35. The molecule has 7 nitrogen and oxygen atoms in total. The minimum absolute atomic E-state index is 0.00969. The number of benzene rings is 2. The highest BCUT2D eigenvalue weighted by atomic mass is 79.9. The van der Waals surface area contributed by atoms with Crippen LogP contribution in [0.15, 0.2) is 59.2 Å². The SMILES string of the molecule is COC(=O)NC(C)C(C)C.O=CN1CC=CC1c1ncc(-c2ccc3c(c2)C(F)(F)c2cc(Br)ccc2-3)[nH]1. The maximum absolute atomic E-state index is 15.1. The predicted molar refractivity (Wildman–Crippen MR) is 145 cm³/mol. The lowest BCUT2D eigenvalue weighted by Gasteiger charge is -2.17. The molecule has 2 N–H and O–H groups in total. The van der Waals surface area contributed by atoms with E-state index < -0.39 is 5.92 Å². The molecule has 2 amide bonds. The number of carbonyl (C=O) groups is 2. The molecule has 0 saturated heterocycles. The molecule has 38 heavy (non-hydrogen) atoms. The molecule has 2 heterocycles.